The van der Waals surface area contributed by atoms with E-state index >= 15 is 0 Å². The van der Waals surface area contributed by atoms with Crippen molar-refractivity contribution in [3.63, 3.8) is 0 Å². The van der Waals surface area contributed by atoms with Gasteiger partial charge < -0.3 is 15.4 Å². The van der Waals surface area contributed by atoms with E-state index in [1.807, 2.05) is 49.4 Å². The number of hydrogen-bond acceptors (Lipinski definition) is 3. The standard InChI is InChI=1S/C19H25ClN2O/c1-14(2)13-23-18-6-4-5-16(11-18)21-9-10-22-17-8-7-15(3)19(20)12-17/h4-8,11-12,14,21-22H,9-10,13H2,1-3H3. The van der Waals surface area contributed by atoms with Crippen LogP contribution in [0.2, 0.25) is 5.02 Å². The molecule has 23 heavy (non-hydrogen) atoms. The van der Waals surface area contributed by atoms with Crippen LogP contribution in [0.5, 0.6) is 5.75 Å². The largest absolute Gasteiger partial charge is 0.493 e. The van der Waals surface area contributed by atoms with E-state index in [4.69, 9.17) is 16.3 Å². The second kappa shape index (κ2) is 8.68. The van der Waals surface area contributed by atoms with Gasteiger partial charge in [0.25, 0.3) is 0 Å². The number of nitrogens with one attached hydrogen (secondary N) is 2. The minimum absolute atomic E-state index is 0.525. The van der Waals surface area contributed by atoms with Crippen molar-refractivity contribution in [2.45, 2.75) is 20.8 Å². The second-order valence-electron chi connectivity index (χ2n) is 6.05. The molecule has 0 aromatic heterocycles. The highest BCUT2D eigenvalue weighted by Crippen LogP contribution is 2.20. The predicted octanol–water partition coefficient (Wildman–Crippen LogP) is 5.21. The van der Waals surface area contributed by atoms with E-state index in [1.54, 1.807) is 0 Å². The zero-order valence-corrected chi connectivity index (χ0v) is 14.8. The Hall–Kier alpha value is -1.87. The number of hydrogen-bond donors (Lipinski definition) is 2. The monoisotopic (exact) mass is 332 g/mol. The number of aryl methyl sites for hydroxylation is 1. The van der Waals surface area contributed by atoms with E-state index in [1.165, 1.54) is 0 Å². The van der Waals surface area contributed by atoms with Crippen LogP contribution in [0.15, 0.2) is 42.5 Å². The summed E-state index contributed by atoms with van der Waals surface area (Å²) < 4.78 is 5.74. The molecule has 0 aliphatic rings. The van der Waals surface area contributed by atoms with Crippen LogP contribution in [0.4, 0.5) is 11.4 Å². The molecule has 0 radical (unpaired) electrons. The Balaban J connectivity index is 1.77. The van der Waals surface area contributed by atoms with Crippen molar-refractivity contribution in [3.8, 4) is 5.75 Å². The minimum Gasteiger partial charge on any atom is -0.493 e. The fraction of sp³-hybridized carbons (Fsp3) is 0.368. The summed E-state index contributed by atoms with van der Waals surface area (Å²) in [5.74, 6) is 1.43. The molecule has 0 saturated heterocycles. The first-order chi connectivity index (χ1) is 11.0. The van der Waals surface area contributed by atoms with Crippen molar-refractivity contribution in [2.24, 2.45) is 5.92 Å². The molecule has 0 amide bonds. The van der Waals surface area contributed by atoms with Crippen LogP contribution in [0.25, 0.3) is 0 Å². The Morgan fingerprint density at radius 2 is 1.70 bits per heavy atom. The van der Waals surface area contributed by atoms with Gasteiger partial charge in [0.2, 0.25) is 0 Å². The zero-order valence-electron chi connectivity index (χ0n) is 14.0. The van der Waals surface area contributed by atoms with Crippen LogP contribution in [0.3, 0.4) is 0 Å². The Bertz CT molecular complexity index is 629. The molecule has 2 aromatic carbocycles. The maximum atomic E-state index is 6.12. The first-order valence-electron chi connectivity index (χ1n) is 8.01. The molecule has 0 bridgehead atoms. The summed E-state index contributed by atoms with van der Waals surface area (Å²) in [6.45, 7) is 8.66. The molecule has 0 atom stereocenters. The van der Waals surface area contributed by atoms with Crippen LogP contribution in [-0.4, -0.2) is 19.7 Å². The van der Waals surface area contributed by atoms with E-state index in [0.717, 1.165) is 47.4 Å². The Labute approximate surface area is 144 Å². The molecule has 0 unspecified atom stereocenters. The Kier molecular flexibility index (Phi) is 6.60. The lowest BCUT2D eigenvalue weighted by Crippen LogP contribution is -2.13. The van der Waals surface area contributed by atoms with Crippen molar-refractivity contribution in [3.05, 3.63) is 53.1 Å². The zero-order chi connectivity index (χ0) is 16.7. The molecule has 124 valence electrons. The summed E-state index contributed by atoms with van der Waals surface area (Å²) in [5.41, 5.74) is 3.19. The number of halogens is 1. The van der Waals surface area contributed by atoms with Gasteiger partial charge in [-0.25, -0.2) is 0 Å². The lowest BCUT2D eigenvalue weighted by Gasteiger charge is -2.12. The first kappa shape index (κ1) is 17.5. The van der Waals surface area contributed by atoms with Gasteiger partial charge in [0.05, 0.1) is 6.61 Å². The molecular weight excluding hydrogens is 308 g/mol. The normalized spacial score (nSPS) is 10.7. The number of ether oxygens (including phenoxy) is 1. The summed E-state index contributed by atoms with van der Waals surface area (Å²) in [6, 6.07) is 14.1. The molecule has 2 aromatic rings. The van der Waals surface area contributed by atoms with Gasteiger partial charge in [0, 0.05) is 35.6 Å². The first-order valence-corrected chi connectivity index (χ1v) is 8.39. The quantitative estimate of drug-likeness (QED) is 0.651. The summed E-state index contributed by atoms with van der Waals surface area (Å²) >= 11 is 6.12. The molecule has 2 N–H and O–H groups in total. The molecule has 0 saturated carbocycles. The SMILES string of the molecule is Cc1ccc(NCCNc2cccc(OCC(C)C)c2)cc1Cl. The topological polar surface area (TPSA) is 33.3 Å². The molecule has 2 rings (SSSR count). The van der Waals surface area contributed by atoms with Gasteiger partial charge in [-0.3, -0.25) is 0 Å². The van der Waals surface area contributed by atoms with Crippen LogP contribution in [0, 0.1) is 12.8 Å². The fourth-order valence-corrected chi connectivity index (χ4v) is 2.26. The number of benzene rings is 2. The molecule has 0 aliphatic carbocycles. The van der Waals surface area contributed by atoms with Gasteiger partial charge in [0.15, 0.2) is 0 Å². The van der Waals surface area contributed by atoms with Crippen molar-refractivity contribution >= 4 is 23.0 Å². The lowest BCUT2D eigenvalue weighted by atomic mass is 10.2. The maximum absolute atomic E-state index is 6.12. The van der Waals surface area contributed by atoms with Crippen LogP contribution < -0.4 is 15.4 Å². The van der Waals surface area contributed by atoms with E-state index < -0.39 is 0 Å². The lowest BCUT2D eigenvalue weighted by molar-refractivity contribution is 0.271. The second-order valence-corrected chi connectivity index (χ2v) is 6.46. The Morgan fingerprint density at radius 1 is 1.00 bits per heavy atom. The van der Waals surface area contributed by atoms with Crippen molar-refractivity contribution in [2.75, 3.05) is 30.3 Å². The molecule has 4 heteroatoms. The third-order valence-electron chi connectivity index (χ3n) is 3.37. The maximum Gasteiger partial charge on any atom is 0.121 e. The van der Waals surface area contributed by atoms with Gasteiger partial charge in [-0.15, -0.1) is 0 Å². The van der Waals surface area contributed by atoms with Crippen LogP contribution in [-0.2, 0) is 0 Å². The van der Waals surface area contributed by atoms with Crippen molar-refractivity contribution < 1.29 is 4.74 Å². The summed E-state index contributed by atoms with van der Waals surface area (Å²) in [6.07, 6.45) is 0. The van der Waals surface area contributed by atoms with Gasteiger partial charge in [-0.2, -0.15) is 0 Å². The molecule has 0 heterocycles. The smallest absolute Gasteiger partial charge is 0.121 e. The Morgan fingerprint density at radius 3 is 2.35 bits per heavy atom. The number of rotatable bonds is 8. The average molecular weight is 333 g/mol. The number of anilines is 2. The van der Waals surface area contributed by atoms with Crippen LogP contribution >= 0.6 is 11.6 Å². The van der Waals surface area contributed by atoms with Gasteiger partial charge in [0.1, 0.15) is 5.75 Å². The molecular formula is C19H25ClN2O. The third-order valence-corrected chi connectivity index (χ3v) is 3.78. The van der Waals surface area contributed by atoms with E-state index in [2.05, 4.69) is 24.5 Å². The van der Waals surface area contributed by atoms with E-state index in [-0.39, 0.29) is 0 Å². The summed E-state index contributed by atoms with van der Waals surface area (Å²) in [4.78, 5) is 0. The van der Waals surface area contributed by atoms with Gasteiger partial charge >= 0.3 is 0 Å². The fourth-order valence-electron chi connectivity index (χ4n) is 2.08. The summed E-state index contributed by atoms with van der Waals surface area (Å²) in [7, 11) is 0. The molecule has 0 spiro atoms. The summed E-state index contributed by atoms with van der Waals surface area (Å²) in [5, 5.41) is 7.54. The van der Waals surface area contributed by atoms with Crippen LogP contribution in [0.1, 0.15) is 19.4 Å². The highest BCUT2D eigenvalue weighted by molar-refractivity contribution is 6.31. The highest BCUT2D eigenvalue weighted by atomic mass is 35.5. The van der Waals surface area contributed by atoms with E-state index in [9.17, 15) is 0 Å². The van der Waals surface area contributed by atoms with Crippen molar-refractivity contribution in [1.29, 1.82) is 0 Å². The third kappa shape index (κ3) is 6.03. The van der Waals surface area contributed by atoms with E-state index in [0.29, 0.717) is 5.92 Å². The predicted molar refractivity (Wildman–Crippen MR) is 99.9 cm³/mol. The average Bonchev–Trinajstić information content (AvgIpc) is 2.53. The highest BCUT2D eigenvalue weighted by Gasteiger charge is 2.00. The molecule has 3 nitrogen and oxygen atoms in total. The minimum atomic E-state index is 0.525. The van der Waals surface area contributed by atoms with Gasteiger partial charge in [-0.05, 0) is 42.7 Å². The van der Waals surface area contributed by atoms with Crippen molar-refractivity contribution in [1.82, 2.24) is 0 Å². The van der Waals surface area contributed by atoms with Gasteiger partial charge in [-0.1, -0.05) is 37.6 Å². The molecule has 0 aliphatic heterocycles. The molecule has 0 fully saturated rings.